The highest BCUT2D eigenvalue weighted by Crippen LogP contribution is 2.25. The van der Waals surface area contributed by atoms with Gasteiger partial charge in [-0.2, -0.15) is 4.31 Å². The molecule has 0 aliphatic heterocycles. The summed E-state index contributed by atoms with van der Waals surface area (Å²) in [5, 5.41) is 14.8. The van der Waals surface area contributed by atoms with Gasteiger partial charge in [0.1, 0.15) is 17.4 Å². The zero-order chi connectivity index (χ0) is 24.9. The van der Waals surface area contributed by atoms with Gasteiger partial charge in [0.15, 0.2) is 5.65 Å². The van der Waals surface area contributed by atoms with Gasteiger partial charge in [0, 0.05) is 38.4 Å². The Kier molecular flexibility index (Phi) is 8.00. The fourth-order valence-electron chi connectivity index (χ4n) is 3.61. The van der Waals surface area contributed by atoms with E-state index in [1.165, 1.54) is 4.31 Å². The normalized spacial score (nSPS) is 11.7. The summed E-state index contributed by atoms with van der Waals surface area (Å²) < 4.78 is 26.7. The summed E-state index contributed by atoms with van der Waals surface area (Å²) >= 11 is 0. The van der Waals surface area contributed by atoms with Crippen LogP contribution in [-0.2, 0) is 16.4 Å². The summed E-state index contributed by atoms with van der Waals surface area (Å²) in [6, 6.07) is 8.45. The molecule has 11 heteroatoms. The van der Waals surface area contributed by atoms with Gasteiger partial charge >= 0.3 is 0 Å². The number of nitrogens with zero attached hydrogens (tertiary/aromatic N) is 5. The average Bonchev–Trinajstić information content (AvgIpc) is 2.80. The molecule has 0 aliphatic rings. The molecular formula is C23H29N6O4S-. The second kappa shape index (κ2) is 10.7. The molecule has 182 valence electrons. The number of rotatable bonds is 10. The van der Waals surface area contributed by atoms with E-state index in [9.17, 15) is 18.3 Å². The van der Waals surface area contributed by atoms with Gasteiger partial charge in [-0.05, 0) is 38.0 Å². The topological polar surface area (TPSA) is 131 Å². The molecule has 1 amide bonds. The average molecular weight is 486 g/mol. The van der Waals surface area contributed by atoms with Crippen LogP contribution in [0.1, 0.15) is 32.0 Å². The summed E-state index contributed by atoms with van der Waals surface area (Å²) in [5.74, 6) is 0.211. The molecule has 1 N–H and O–H groups in total. The van der Waals surface area contributed by atoms with Crippen molar-refractivity contribution in [2.45, 2.75) is 39.0 Å². The van der Waals surface area contributed by atoms with Gasteiger partial charge in [0.2, 0.25) is 10.0 Å². The van der Waals surface area contributed by atoms with Gasteiger partial charge in [-0.25, -0.2) is 23.4 Å². The number of hydrogen-bond acceptors (Lipinski definition) is 8. The van der Waals surface area contributed by atoms with Gasteiger partial charge in [-0.1, -0.05) is 26.0 Å². The predicted molar refractivity (Wildman–Crippen MR) is 129 cm³/mol. The largest absolute Gasteiger partial charge is 0.530 e. The minimum Gasteiger partial charge on any atom is -0.530 e. The van der Waals surface area contributed by atoms with Crippen molar-refractivity contribution in [3.8, 4) is 0 Å². The van der Waals surface area contributed by atoms with Gasteiger partial charge in [-0.3, -0.25) is 0 Å². The first-order valence-electron chi connectivity index (χ1n) is 11.2. The summed E-state index contributed by atoms with van der Waals surface area (Å²) in [6.45, 7) is 8.64. The van der Waals surface area contributed by atoms with Gasteiger partial charge in [-0.15, -0.1) is 0 Å². The maximum atomic E-state index is 12.7. The van der Waals surface area contributed by atoms with Crippen LogP contribution < -0.4 is 15.3 Å². The third kappa shape index (κ3) is 5.42. The number of carboxylic acid groups (broad SMARTS) is 1. The molecule has 0 spiro atoms. The van der Waals surface area contributed by atoms with Crippen LogP contribution in [0.15, 0.2) is 41.4 Å². The first-order chi connectivity index (χ1) is 16.2. The summed E-state index contributed by atoms with van der Waals surface area (Å²) in [7, 11) is -3.49. The molecule has 0 atom stereocenters. The molecule has 0 fully saturated rings. The number of pyridine rings is 1. The maximum absolute atomic E-state index is 12.7. The molecule has 10 nitrogen and oxygen atoms in total. The molecule has 2 aromatic heterocycles. The molecule has 0 bridgehead atoms. The summed E-state index contributed by atoms with van der Waals surface area (Å²) in [4.78, 5) is 25.9. The molecule has 0 saturated heterocycles. The number of anilines is 2. The van der Waals surface area contributed by atoms with E-state index in [1.807, 2.05) is 13.8 Å². The lowest BCUT2D eigenvalue weighted by Gasteiger charge is -2.23. The fourth-order valence-corrected chi connectivity index (χ4v) is 5.07. The number of aromatic nitrogens is 3. The van der Waals surface area contributed by atoms with Crippen molar-refractivity contribution in [3.63, 3.8) is 0 Å². The minimum atomic E-state index is -3.49. The van der Waals surface area contributed by atoms with Crippen molar-refractivity contribution >= 4 is 38.8 Å². The van der Waals surface area contributed by atoms with Crippen LogP contribution in [-0.4, -0.2) is 59.9 Å². The van der Waals surface area contributed by atoms with E-state index in [0.717, 1.165) is 10.5 Å². The highest BCUT2D eigenvalue weighted by atomic mass is 32.2. The fraction of sp³-hybridized carbons (Fsp3) is 0.391. The molecule has 3 aromatic rings. The Hall–Kier alpha value is -3.31. The molecule has 0 unspecified atom stereocenters. The van der Waals surface area contributed by atoms with Crippen molar-refractivity contribution in [2.75, 3.05) is 36.4 Å². The van der Waals surface area contributed by atoms with E-state index in [1.54, 1.807) is 50.4 Å². The van der Waals surface area contributed by atoms with Crippen molar-refractivity contribution in [1.29, 1.82) is 0 Å². The molecular weight excluding hydrogens is 456 g/mol. The van der Waals surface area contributed by atoms with Crippen LogP contribution in [0.5, 0.6) is 0 Å². The van der Waals surface area contributed by atoms with Crippen molar-refractivity contribution in [2.24, 2.45) is 0 Å². The van der Waals surface area contributed by atoms with Crippen molar-refractivity contribution in [3.05, 3.63) is 47.8 Å². The van der Waals surface area contributed by atoms with Crippen molar-refractivity contribution < 1.29 is 18.3 Å². The van der Waals surface area contributed by atoms with E-state index in [2.05, 4.69) is 20.3 Å². The standard InChI is InChI=1S/C23H30N6O4S/c1-5-28(6-2)34(32,33)18-10-8-17(9-11-18)12-13-24-19-14-20(29(7-3)23(30)31)27-22-21(19)25-15-16(4)26-22/h8-11,14-15H,5-7,12-13H2,1-4H3,(H,30,31)(H,24,26,27)/p-1. The number of nitrogens with one attached hydrogen (secondary N) is 1. The smallest absolute Gasteiger partial charge is 0.243 e. The monoisotopic (exact) mass is 485 g/mol. The number of carbonyl (C=O) groups excluding carboxylic acids is 1. The van der Waals surface area contributed by atoms with E-state index < -0.39 is 16.1 Å². The van der Waals surface area contributed by atoms with Gasteiger partial charge < -0.3 is 20.1 Å². The SMILES string of the molecule is CCN(C(=O)[O-])c1cc(NCCc2ccc(S(=O)(=O)N(CC)CC)cc2)c2ncc(C)nc2n1. The lowest BCUT2D eigenvalue weighted by atomic mass is 10.1. The van der Waals surface area contributed by atoms with E-state index in [4.69, 9.17) is 0 Å². The Bertz CT molecular complexity index is 1260. The quantitative estimate of drug-likeness (QED) is 0.462. The second-order valence-corrected chi connectivity index (χ2v) is 9.57. The Morgan fingerprint density at radius 2 is 1.74 bits per heavy atom. The summed E-state index contributed by atoms with van der Waals surface area (Å²) in [5.41, 5.74) is 3.10. The van der Waals surface area contributed by atoms with Crippen LogP contribution in [0.3, 0.4) is 0 Å². The molecule has 3 rings (SSSR count). The zero-order valence-corrected chi connectivity index (χ0v) is 20.6. The van der Waals surface area contributed by atoms with E-state index in [0.29, 0.717) is 48.6 Å². The van der Waals surface area contributed by atoms with Crippen LogP contribution >= 0.6 is 0 Å². The van der Waals surface area contributed by atoms with Crippen LogP contribution in [0.25, 0.3) is 11.2 Å². The van der Waals surface area contributed by atoms with Crippen LogP contribution in [0, 0.1) is 6.92 Å². The molecule has 0 aliphatic carbocycles. The predicted octanol–water partition coefficient (Wildman–Crippen LogP) is 2.19. The highest BCUT2D eigenvalue weighted by molar-refractivity contribution is 7.89. The first-order valence-corrected chi connectivity index (χ1v) is 12.6. The van der Waals surface area contributed by atoms with E-state index in [-0.39, 0.29) is 17.3 Å². The maximum Gasteiger partial charge on any atom is 0.243 e. The number of sulfonamides is 1. The third-order valence-corrected chi connectivity index (χ3v) is 7.50. The second-order valence-electron chi connectivity index (χ2n) is 7.63. The first kappa shape index (κ1) is 25.3. The van der Waals surface area contributed by atoms with Crippen LogP contribution in [0.2, 0.25) is 0 Å². The Labute approximate surface area is 199 Å². The van der Waals surface area contributed by atoms with Crippen LogP contribution in [0.4, 0.5) is 16.3 Å². The van der Waals surface area contributed by atoms with Crippen molar-refractivity contribution in [1.82, 2.24) is 19.3 Å². The summed E-state index contributed by atoms with van der Waals surface area (Å²) in [6.07, 6.45) is 0.892. The molecule has 34 heavy (non-hydrogen) atoms. The number of carbonyl (C=O) groups is 1. The third-order valence-electron chi connectivity index (χ3n) is 5.43. The molecule has 2 heterocycles. The highest BCUT2D eigenvalue weighted by Gasteiger charge is 2.21. The Morgan fingerprint density at radius 3 is 2.32 bits per heavy atom. The zero-order valence-electron chi connectivity index (χ0n) is 19.8. The van der Waals surface area contributed by atoms with Gasteiger partial charge in [0.05, 0.1) is 16.3 Å². The number of aryl methyl sites for hydroxylation is 1. The molecule has 0 radical (unpaired) electrons. The number of benzene rings is 1. The molecule has 1 aromatic carbocycles. The molecule has 0 saturated carbocycles. The number of fused-ring (bicyclic) bond motifs is 1. The van der Waals surface area contributed by atoms with Gasteiger partial charge in [0.25, 0.3) is 0 Å². The lowest BCUT2D eigenvalue weighted by Crippen LogP contribution is -2.41. The Morgan fingerprint density at radius 1 is 1.06 bits per heavy atom. The Balaban J connectivity index is 1.79. The lowest BCUT2D eigenvalue weighted by molar-refractivity contribution is -0.246. The number of hydrogen-bond donors (Lipinski definition) is 1. The number of amides is 1. The van der Waals surface area contributed by atoms with E-state index >= 15 is 0 Å². The minimum absolute atomic E-state index is 0.183.